The molecule has 0 bridgehead atoms. The van der Waals surface area contributed by atoms with Crippen LogP contribution in [0, 0.1) is 16.0 Å². The van der Waals surface area contributed by atoms with Crippen molar-refractivity contribution in [1.29, 1.82) is 0 Å². The van der Waals surface area contributed by atoms with Crippen molar-refractivity contribution in [3.05, 3.63) is 27.9 Å². The zero-order chi connectivity index (χ0) is 14.0. The Balaban J connectivity index is 1.95. The van der Waals surface area contributed by atoms with Gasteiger partial charge in [0.05, 0.1) is 7.05 Å². The number of halogens is 1. The Bertz CT molecular complexity index is 500. The average molecular weight is 286 g/mol. The van der Waals surface area contributed by atoms with Crippen molar-refractivity contribution in [2.45, 2.75) is 24.6 Å². The van der Waals surface area contributed by atoms with Crippen LogP contribution in [0.25, 0.3) is 0 Å². The maximum Gasteiger partial charge on any atom is 0.323 e. The largest absolute Gasteiger partial charge is 0.358 e. The fourth-order valence-corrected chi connectivity index (χ4v) is 2.82. The number of hydrogen-bond donors (Lipinski definition) is 1. The third kappa shape index (κ3) is 3.07. The minimum atomic E-state index is -0.508. The lowest BCUT2D eigenvalue weighted by molar-refractivity contribution is -0.391. The van der Waals surface area contributed by atoms with Gasteiger partial charge in [-0.3, -0.25) is 4.79 Å². The summed E-state index contributed by atoms with van der Waals surface area (Å²) < 4.78 is 1.29. The third-order valence-corrected chi connectivity index (χ3v) is 3.94. The molecule has 1 aliphatic rings. The highest BCUT2D eigenvalue weighted by atomic mass is 35.5. The van der Waals surface area contributed by atoms with Gasteiger partial charge >= 0.3 is 5.82 Å². The maximum atomic E-state index is 12.0. The van der Waals surface area contributed by atoms with Crippen LogP contribution in [0.2, 0.25) is 0 Å². The highest BCUT2D eigenvalue weighted by Crippen LogP contribution is 2.28. The third-order valence-electron chi connectivity index (χ3n) is 3.54. The molecule has 1 N–H and O–H groups in total. The van der Waals surface area contributed by atoms with E-state index in [0.717, 1.165) is 19.3 Å². The summed E-state index contributed by atoms with van der Waals surface area (Å²) in [4.78, 5) is 22.1. The van der Waals surface area contributed by atoms with Gasteiger partial charge in [0, 0.05) is 18.0 Å². The lowest BCUT2D eigenvalue weighted by atomic mass is 10.1. The van der Waals surface area contributed by atoms with Crippen LogP contribution < -0.4 is 5.32 Å². The van der Waals surface area contributed by atoms with E-state index in [4.69, 9.17) is 11.6 Å². The minimum absolute atomic E-state index is 0.0909. The van der Waals surface area contributed by atoms with Gasteiger partial charge in [-0.2, -0.15) is 0 Å². The average Bonchev–Trinajstić information content (AvgIpc) is 2.92. The number of aromatic nitrogens is 1. The van der Waals surface area contributed by atoms with Crippen molar-refractivity contribution in [3.63, 3.8) is 0 Å². The van der Waals surface area contributed by atoms with Crippen LogP contribution in [0.3, 0.4) is 0 Å². The molecule has 0 aromatic carbocycles. The van der Waals surface area contributed by atoms with Crippen molar-refractivity contribution in [3.8, 4) is 0 Å². The minimum Gasteiger partial charge on any atom is -0.358 e. The second-order valence-corrected chi connectivity index (χ2v) is 5.50. The van der Waals surface area contributed by atoms with E-state index in [1.807, 2.05) is 0 Å². The number of carbonyl (C=O) groups excluding carboxylic acids is 1. The number of amides is 1. The fourth-order valence-electron chi connectivity index (χ4n) is 2.44. The molecule has 2 rings (SSSR count). The highest BCUT2D eigenvalue weighted by molar-refractivity contribution is 6.20. The van der Waals surface area contributed by atoms with Crippen molar-refractivity contribution in [2.24, 2.45) is 13.0 Å². The zero-order valence-corrected chi connectivity index (χ0v) is 11.4. The summed E-state index contributed by atoms with van der Waals surface area (Å²) in [5.74, 6) is 0.0298. The molecule has 1 fully saturated rings. The number of nitro groups is 1. The van der Waals surface area contributed by atoms with Gasteiger partial charge in [-0.05, 0) is 36.2 Å². The van der Waals surface area contributed by atoms with Crippen LogP contribution >= 0.6 is 11.6 Å². The maximum absolute atomic E-state index is 12.0. The van der Waals surface area contributed by atoms with Gasteiger partial charge in [-0.1, -0.05) is 0 Å². The molecule has 1 aromatic rings. The summed E-state index contributed by atoms with van der Waals surface area (Å²) in [6.07, 6.45) is 2.91. The summed E-state index contributed by atoms with van der Waals surface area (Å²) in [6, 6.07) is 2.80. The number of nitrogens with one attached hydrogen (secondary N) is 1. The lowest BCUT2D eigenvalue weighted by Gasteiger charge is -2.10. The molecule has 104 valence electrons. The molecule has 2 atom stereocenters. The van der Waals surface area contributed by atoms with E-state index in [1.165, 1.54) is 23.7 Å². The normalized spacial score (nSPS) is 22.4. The number of carbonyl (C=O) groups is 1. The highest BCUT2D eigenvalue weighted by Gasteiger charge is 2.25. The van der Waals surface area contributed by atoms with Crippen molar-refractivity contribution >= 4 is 23.3 Å². The molecule has 1 heterocycles. The molecular weight excluding hydrogens is 270 g/mol. The summed E-state index contributed by atoms with van der Waals surface area (Å²) in [5, 5.41) is 13.7. The van der Waals surface area contributed by atoms with Gasteiger partial charge < -0.3 is 15.4 Å². The molecule has 1 aliphatic carbocycles. The number of nitrogens with zero attached hydrogens (tertiary/aromatic N) is 2. The predicted molar refractivity (Wildman–Crippen MR) is 71.4 cm³/mol. The van der Waals surface area contributed by atoms with Gasteiger partial charge in [0.1, 0.15) is 0 Å². The summed E-state index contributed by atoms with van der Waals surface area (Å²) in [5.41, 5.74) is 0.298. The summed E-state index contributed by atoms with van der Waals surface area (Å²) in [7, 11) is 1.51. The first-order valence-corrected chi connectivity index (χ1v) is 6.65. The first-order chi connectivity index (χ1) is 8.99. The SMILES string of the molecule is Cn1c(C(=O)NCC2CCC(Cl)C2)ccc1[N+](=O)[O-]. The molecule has 0 spiro atoms. The molecule has 0 aliphatic heterocycles. The van der Waals surface area contributed by atoms with E-state index < -0.39 is 4.92 Å². The lowest BCUT2D eigenvalue weighted by Crippen LogP contribution is -2.30. The number of rotatable bonds is 4. The Kier molecular flexibility index (Phi) is 4.09. The quantitative estimate of drug-likeness (QED) is 0.523. The Labute approximate surface area is 115 Å². The Morgan fingerprint density at radius 2 is 2.32 bits per heavy atom. The van der Waals surface area contributed by atoms with E-state index >= 15 is 0 Å². The van der Waals surface area contributed by atoms with Crippen LogP contribution in [0.15, 0.2) is 12.1 Å². The van der Waals surface area contributed by atoms with Crippen molar-refractivity contribution in [1.82, 2.24) is 9.88 Å². The van der Waals surface area contributed by atoms with Gasteiger partial charge in [-0.15, -0.1) is 11.6 Å². The van der Waals surface area contributed by atoms with Gasteiger partial charge in [0.15, 0.2) is 5.69 Å². The van der Waals surface area contributed by atoms with Crippen molar-refractivity contribution < 1.29 is 9.72 Å². The molecule has 19 heavy (non-hydrogen) atoms. The molecule has 0 saturated heterocycles. The second-order valence-electron chi connectivity index (χ2n) is 4.88. The van der Waals surface area contributed by atoms with E-state index in [-0.39, 0.29) is 17.1 Å². The van der Waals surface area contributed by atoms with Crippen molar-refractivity contribution in [2.75, 3.05) is 6.54 Å². The van der Waals surface area contributed by atoms with E-state index in [1.54, 1.807) is 0 Å². The van der Waals surface area contributed by atoms with Crippen LogP contribution in [0.4, 0.5) is 5.82 Å². The Hall–Kier alpha value is -1.56. The molecule has 2 unspecified atom stereocenters. The topological polar surface area (TPSA) is 77.2 Å². The Morgan fingerprint density at radius 3 is 2.84 bits per heavy atom. The molecule has 1 saturated carbocycles. The van der Waals surface area contributed by atoms with Gasteiger partial charge in [-0.25, -0.2) is 4.57 Å². The second kappa shape index (κ2) is 5.61. The van der Waals surface area contributed by atoms with E-state index in [9.17, 15) is 14.9 Å². The van der Waals surface area contributed by atoms with Gasteiger partial charge in [0.2, 0.25) is 0 Å². The fraction of sp³-hybridized carbons (Fsp3) is 0.583. The summed E-state index contributed by atoms with van der Waals surface area (Å²) in [6.45, 7) is 0.570. The molecule has 6 nitrogen and oxygen atoms in total. The number of alkyl halides is 1. The molecule has 1 amide bonds. The van der Waals surface area contributed by atoms with Crippen LogP contribution in [-0.2, 0) is 7.05 Å². The van der Waals surface area contributed by atoms with Gasteiger partial charge in [0.25, 0.3) is 5.91 Å². The smallest absolute Gasteiger partial charge is 0.323 e. The number of hydrogen-bond acceptors (Lipinski definition) is 3. The van der Waals surface area contributed by atoms with E-state index in [2.05, 4.69) is 5.32 Å². The van der Waals surface area contributed by atoms with Crippen LogP contribution in [0.1, 0.15) is 29.8 Å². The zero-order valence-electron chi connectivity index (χ0n) is 10.6. The molecule has 1 aromatic heterocycles. The monoisotopic (exact) mass is 285 g/mol. The predicted octanol–water partition coefficient (Wildman–Crippen LogP) is 2.07. The van der Waals surface area contributed by atoms with Crippen LogP contribution in [0.5, 0.6) is 0 Å². The molecule has 0 radical (unpaired) electrons. The van der Waals surface area contributed by atoms with Crippen LogP contribution in [-0.4, -0.2) is 27.3 Å². The molecular formula is C12H16ClN3O3. The first-order valence-electron chi connectivity index (χ1n) is 6.21. The Morgan fingerprint density at radius 1 is 1.58 bits per heavy atom. The standard InChI is InChI=1S/C12H16ClN3O3/c1-15-10(4-5-11(15)16(18)19)12(17)14-7-8-2-3-9(13)6-8/h4-5,8-9H,2-3,6-7H2,1H3,(H,14,17). The first kappa shape index (κ1) is 13.9. The van der Waals surface area contributed by atoms with E-state index in [0.29, 0.717) is 18.2 Å². The molecule has 7 heteroatoms. The summed E-state index contributed by atoms with van der Waals surface area (Å²) >= 11 is 6.01.